The number of hydrogen-bond donors (Lipinski definition) is 0. The molecule has 0 fully saturated rings. The van der Waals surface area contributed by atoms with Gasteiger partial charge in [-0.3, -0.25) is 9.59 Å². The van der Waals surface area contributed by atoms with Crippen LogP contribution < -0.4 is 4.90 Å². The third kappa shape index (κ3) is 6.26. The number of fused-ring (bicyclic) bond motifs is 4. The van der Waals surface area contributed by atoms with E-state index in [0.29, 0.717) is 46.3 Å². The third-order valence-corrected chi connectivity index (χ3v) is 11.8. The average molecular weight is 831 g/mol. The molecule has 0 spiro atoms. The van der Waals surface area contributed by atoms with Crippen LogP contribution >= 0.6 is 0 Å². The smallest absolute Gasteiger partial charge is 0.268 e. The first kappa shape index (κ1) is 38.4. The Kier molecular flexibility index (Phi) is 9.09. The lowest BCUT2D eigenvalue weighted by molar-refractivity contribution is 0.0926. The van der Waals surface area contributed by atoms with Crippen LogP contribution in [-0.2, 0) is 0 Å². The lowest BCUT2D eigenvalue weighted by atomic mass is 9.90. The van der Waals surface area contributed by atoms with Crippen molar-refractivity contribution in [3.8, 4) is 61.8 Å². The fourth-order valence-electron chi connectivity index (χ4n) is 9.19. The van der Waals surface area contributed by atoms with Gasteiger partial charge in [0, 0.05) is 33.0 Å². The SMILES string of the molecule is Cc1nc(C)nc(-c2cccc3c4cccc(-c5nc(C)nc(C)n5)c4n(-c4cccc5c4C(=O)N(c4c(-c6ccccc6)cc(-c6ccccc6)cc4-c4ccccc4)C5=O)c23)n1. The second-order valence-corrected chi connectivity index (χ2v) is 15.9. The van der Waals surface area contributed by atoms with Gasteiger partial charge in [-0.15, -0.1) is 0 Å². The number of carbonyl (C=O) groups excluding carboxylic acids is 2. The maximum absolute atomic E-state index is 15.8. The van der Waals surface area contributed by atoms with Gasteiger partial charge in [0.2, 0.25) is 0 Å². The Morgan fingerprint density at radius 1 is 0.375 bits per heavy atom. The second-order valence-electron chi connectivity index (χ2n) is 15.9. The molecule has 0 aliphatic carbocycles. The zero-order valence-electron chi connectivity index (χ0n) is 35.4. The number of para-hydroxylation sites is 2. The maximum atomic E-state index is 15.8. The number of hydrogen-bond acceptors (Lipinski definition) is 8. The Morgan fingerprint density at radius 2 is 0.797 bits per heavy atom. The fraction of sp³-hybridized carbons (Fsp3) is 0.0741. The predicted octanol–water partition coefficient (Wildman–Crippen LogP) is 11.5. The molecule has 0 unspecified atom stereocenters. The molecule has 0 atom stereocenters. The lowest BCUT2D eigenvalue weighted by Gasteiger charge is -2.24. The van der Waals surface area contributed by atoms with Crippen molar-refractivity contribution >= 4 is 39.3 Å². The van der Waals surface area contributed by atoms with Gasteiger partial charge in [0.15, 0.2) is 11.6 Å². The van der Waals surface area contributed by atoms with Crippen molar-refractivity contribution in [2.24, 2.45) is 0 Å². The van der Waals surface area contributed by atoms with Crippen LogP contribution in [0.2, 0.25) is 0 Å². The summed E-state index contributed by atoms with van der Waals surface area (Å²) in [7, 11) is 0. The van der Waals surface area contributed by atoms with E-state index in [1.54, 1.807) is 6.07 Å². The van der Waals surface area contributed by atoms with E-state index in [1.165, 1.54) is 4.90 Å². The van der Waals surface area contributed by atoms with Crippen molar-refractivity contribution in [1.29, 1.82) is 0 Å². The highest BCUT2D eigenvalue weighted by molar-refractivity contribution is 6.37. The van der Waals surface area contributed by atoms with Gasteiger partial charge in [-0.2, -0.15) is 0 Å². The second kappa shape index (κ2) is 15.1. The maximum Gasteiger partial charge on any atom is 0.268 e. The van der Waals surface area contributed by atoms with Crippen LogP contribution in [0, 0.1) is 27.7 Å². The quantitative estimate of drug-likeness (QED) is 0.146. The van der Waals surface area contributed by atoms with Crippen LogP contribution in [0.15, 0.2) is 158 Å². The molecule has 1 aliphatic heterocycles. The Morgan fingerprint density at radius 3 is 1.27 bits per heavy atom. The van der Waals surface area contributed by atoms with Gasteiger partial charge in [0.1, 0.15) is 23.3 Å². The molecule has 1 aliphatic rings. The molecule has 0 saturated carbocycles. The minimum absolute atomic E-state index is 0.270. The molecule has 10 nitrogen and oxygen atoms in total. The number of aromatic nitrogens is 7. The van der Waals surface area contributed by atoms with Crippen LogP contribution in [0.25, 0.3) is 83.6 Å². The summed E-state index contributed by atoms with van der Waals surface area (Å²) in [6.45, 7) is 7.39. The largest absolute Gasteiger partial charge is 0.307 e. The Balaban J connectivity index is 1.22. The summed E-state index contributed by atoms with van der Waals surface area (Å²) in [6, 6.07) is 51.7. The number of anilines is 1. The first-order valence-electron chi connectivity index (χ1n) is 21.1. The highest BCUT2D eigenvalue weighted by Crippen LogP contribution is 2.48. The molecule has 0 radical (unpaired) electrons. The van der Waals surface area contributed by atoms with E-state index in [1.807, 2.05) is 143 Å². The molecule has 64 heavy (non-hydrogen) atoms. The third-order valence-electron chi connectivity index (χ3n) is 11.8. The van der Waals surface area contributed by atoms with Gasteiger partial charge in [-0.1, -0.05) is 121 Å². The first-order valence-corrected chi connectivity index (χ1v) is 21.1. The highest BCUT2D eigenvalue weighted by Gasteiger charge is 2.42. The van der Waals surface area contributed by atoms with Crippen LogP contribution in [0.5, 0.6) is 0 Å². The molecule has 7 aromatic carbocycles. The summed E-state index contributed by atoms with van der Waals surface area (Å²) in [5.74, 6) is 2.44. The van der Waals surface area contributed by atoms with E-state index in [9.17, 15) is 0 Å². The molecule has 2 amide bonds. The monoisotopic (exact) mass is 830 g/mol. The van der Waals surface area contributed by atoms with Crippen molar-refractivity contribution in [3.63, 3.8) is 0 Å². The molecule has 0 saturated heterocycles. The van der Waals surface area contributed by atoms with Crippen molar-refractivity contribution in [2.45, 2.75) is 27.7 Å². The zero-order valence-corrected chi connectivity index (χ0v) is 35.4. The van der Waals surface area contributed by atoms with Crippen LogP contribution in [-0.4, -0.2) is 46.3 Å². The van der Waals surface area contributed by atoms with E-state index in [-0.39, 0.29) is 11.1 Å². The first-order chi connectivity index (χ1) is 31.2. The van der Waals surface area contributed by atoms with Gasteiger partial charge in [0.25, 0.3) is 11.8 Å². The molecule has 10 heteroatoms. The predicted molar refractivity (Wildman–Crippen MR) is 251 cm³/mol. The Bertz CT molecular complexity index is 3320. The number of carbonyl (C=O) groups is 2. The molecule has 0 bridgehead atoms. The summed E-state index contributed by atoms with van der Waals surface area (Å²) in [6.07, 6.45) is 0. The molecule has 11 rings (SSSR count). The number of imide groups is 1. The van der Waals surface area contributed by atoms with E-state index in [0.717, 1.165) is 66.3 Å². The lowest BCUT2D eigenvalue weighted by Crippen LogP contribution is -2.30. The van der Waals surface area contributed by atoms with Crippen LogP contribution in [0.4, 0.5) is 5.69 Å². The number of nitrogens with zero attached hydrogens (tertiary/aromatic N) is 8. The Labute approximate surface area is 368 Å². The van der Waals surface area contributed by atoms with Gasteiger partial charge in [0.05, 0.1) is 33.5 Å². The van der Waals surface area contributed by atoms with Crippen LogP contribution in [0.1, 0.15) is 44.0 Å². The van der Waals surface area contributed by atoms with Crippen molar-refractivity contribution in [3.05, 3.63) is 192 Å². The number of aryl methyl sites for hydroxylation is 4. The summed E-state index contributed by atoms with van der Waals surface area (Å²) in [5.41, 5.74) is 9.76. The van der Waals surface area contributed by atoms with Crippen molar-refractivity contribution in [1.82, 2.24) is 34.5 Å². The molecule has 306 valence electrons. The highest BCUT2D eigenvalue weighted by atomic mass is 16.2. The minimum atomic E-state index is -0.443. The standard InChI is InChI=1S/C54H38N8O2/c1-31-55-32(2)58-51(57-31)42-26-14-23-39-40-24-15-27-43(52-59-33(3)56-34(4)60-52)49(40)61(48(39)42)46-28-16-25-41-47(46)54(64)62(53(41)63)50-44(36-19-10-6-11-20-36)29-38(35-17-8-5-9-18-35)30-45(50)37-21-12-7-13-22-37/h5-30H,1-4H3. The fourth-order valence-corrected chi connectivity index (χ4v) is 9.19. The number of benzene rings is 7. The van der Waals surface area contributed by atoms with Crippen molar-refractivity contribution in [2.75, 3.05) is 4.90 Å². The minimum Gasteiger partial charge on any atom is -0.307 e. The molecular formula is C54H38N8O2. The molecular weight excluding hydrogens is 793 g/mol. The summed E-state index contributed by atoms with van der Waals surface area (Å²) >= 11 is 0. The number of rotatable bonds is 7. The molecule has 10 aromatic rings. The van der Waals surface area contributed by atoms with E-state index in [2.05, 4.69) is 50.9 Å². The zero-order chi connectivity index (χ0) is 43.6. The summed E-state index contributed by atoms with van der Waals surface area (Å²) < 4.78 is 2.07. The van der Waals surface area contributed by atoms with Crippen molar-refractivity contribution < 1.29 is 9.59 Å². The van der Waals surface area contributed by atoms with E-state index in [4.69, 9.17) is 19.9 Å². The summed E-state index contributed by atoms with van der Waals surface area (Å²) in [5, 5.41) is 1.79. The van der Waals surface area contributed by atoms with Gasteiger partial charge >= 0.3 is 0 Å². The summed E-state index contributed by atoms with van der Waals surface area (Å²) in [4.78, 5) is 60.8. The molecule has 4 heterocycles. The van der Waals surface area contributed by atoms with Crippen LogP contribution in [0.3, 0.4) is 0 Å². The molecule has 3 aromatic heterocycles. The Hall–Kier alpha value is -8.50. The van der Waals surface area contributed by atoms with Gasteiger partial charge in [-0.25, -0.2) is 34.8 Å². The average Bonchev–Trinajstić information content (AvgIpc) is 3.79. The molecule has 0 N–H and O–H groups in total. The van der Waals surface area contributed by atoms with Gasteiger partial charge in [-0.05, 0) is 86.3 Å². The normalized spacial score (nSPS) is 12.4. The topological polar surface area (TPSA) is 120 Å². The van der Waals surface area contributed by atoms with E-state index < -0.39 is 11.8 Å². The number of amides is 2. The van der Waals surface area contributed by atoms with E-state index >= 15 is 9.59 Å². The van der Waals surface area contributed by atoms with Gasteiger partial charge < -0.3 is 4.57 Å².